The van der Waals surface area contributed by atoms with Crippen LogP contribution in [0.25, 0.3) is 22.3 Å². The molecule has 0 saturated carbocycles. The Bertz CT molecular complexity index is 1530. The van der Waals surface area contributed by atoms with Crippen LogP contribution in [0.5, 0.6) is 0 Å². The first kappa shape index (κ1) is 24.1. The fourth-order valence-corrected chi connectivity index (χ4v) is 5.46. The van der Waals surface area contributed by atoms with E-state index < -0.39 is 23.9 Å². The Hall–Kier alpha value is -3.56. The van der Waals surface area contributed by atoms with E-state index >= 15 is 0 Å². The molecule has 8 nitrogen and oxygen atoms in total. The van der Waals surface area contributed by atoms with Crippen LogP contribution in [-0.4, -0.2) is 32.3 Å². The molecule has 3 N–H and O–H groups in total. The Labute approximate surface area is 207 Å². The maximum absolute atomic E-state index is 15.0. The van der Waals surface area contributed by atoms with Crippen molar-refractivity contribution in [1.29, 1.82) is 0 Å². The van der Waals surface area contributed by atoms with Crippen molar-refractivity contribution in [2.24, 2.45) is 0 Å². The molecule has 0 radical (unpaired) electrons. The first-order chi connectivity index (χ1) is 17.2. The topological polar surface area (TPSA) is 114 Å². The van der Waals surface area contributed by atoms with E-state index in [0.29, 0.717) is 45.6 Å². The minimum Gasteiger partial charge on any atom is -0.490 e. The van der Waals surface area contributed by atoms with E-state index in [1.807, 2.05) is 6.92 Å². The monoisotopic (exact) mass is 493 g/mol. The number of aryl methyl sites for hydroxylation is 1. The summed E-state index contributed by atoms with van der Waals surface area (Å²) in [4.78, 5) is 30.1. The third-order valence-electron chi connectivity index (χ3n) is 7.54. The minimum atomic E-state index is -1.49. The first-order valence-electron chi connectivity index (χ1n) is 12.0. The van der Waals surface area contributed by atoms with Crippen molar-refractivity contribution in [2.45, 2.75) is 58.9 Å². The van der Waals surface area contributed by atoms with Crippen molar-refractivity contribution in [3.63, 3.8) is 0 Å². The van der Waals surface area contributed by atoms with Gasteiger partial charge in [-0.1, -0.05) is 20.4 Å². The van der Waals surface area contributed by atoms with E-state index in [0.717, 1.165) is 16.5 Å². The second kappa shape index (κ2) is 8.53. The number of nitrogens with one attached hydrogen (secondary N) is 1. The summed E-state index contributed by atoms with van der Waals surface area (Å²) >= 11 is 0. The summed E-state index contributed by atoms with van der Waals surface area (Å²) in [6, 6.07) is 3.16. The fourth-order valence-electron chi connectivity index (χ4n) is 5.46. The largest absolute Gasteiger partial charge is 0.490 e. The summed E-state index contributed by atoms with van der Waals surface area (Å²) in [5.41, 5.74) is 3.40. The lowest BCUT2D eigenvalue weighted by Crippen LogP contribution is -2.38. The van der Waals surface area contributed by atoms with Crippen LogP contribution in [-0.2, 0) is 41.2 Å². The second-order valence-corrected chi connectivity index (χ2v) is 9.30. The maximum atomic E-state index is 15.0. The lowest BCUT2D eigenvalue weighted by atomic mass is 9.84. The van der Waals surface area contributed by atoms with Gasteiger partial charge in [0.05, 0.1) is 29.0 Å². The predicted octanol–water partition coefficient (Wildman–Crippen LogP) is 2.69. The molecule has 0 saturated heterocycles. The van der Waals surface area contributed by atoms with Crippen LogP contribution in [0.4, 0.5) is 4.39 Å². The van der Waals surface area contributed by atoms with Gasteiger partial charge in [-0.25, -0.2) is 9.37 Å². The van der Waals surface area contributed by atoms with Gasteiger partial charge in [0.2, 0.25) is 5.91 Å². The van der Waals surface area contributed by atoms with Crippen molar-refractivity contribution >= 4 is 16.8 Å². The first-order valence-corrected chi connectivity index (χ1v) is 12.0. The summed E-state index contributed by atoms with van der Waals surface area (Å²) in [7, 11) is 0. The molecule has 0 aliphatic carbocycles. The molecule has 36 heavy (non-hydrogen) atoms. The normalized spacial score (nSPS) is 18.0. The Morgan fingerprint density at radius 2 is 2.06 bits per heavy atom. The number of halogens is 1. The van der Waals surface area contributed by atoms with Crippen molar-refractivity contribution < 1.29 is 24.1 Å². The summed E-state index contributed by atoms with van der Waals surface area (Å²) in [5, 5.41) is 23.8. The lowest BCUT2D eigenvalue weighted by molar-refractivity contribution is -0.123. The highest BCUT2D eigenvalue weighted by Crippen LogP contribution is 2.43. The van der Waals surface area contributed by atoms with Crippen LogP contribution in [0, 0.1) is 12.7 Å². The zero-order chi connectivity index (χ0) is 25.9. The maximum Gasteiger partial charge on any atom is 0.258 e. The van der Waals surface area contributed by atoms with Crippen LogP contribution >= 0.6 is 0 Å². The SMILES string of the molecule is C=C1OCc2c(cc3n(c2=O)Cc2c-3nc3cc(F)c(C)c(CNC(=O)CO)c3c2CC)[C@@]1(O)CC. The van der Waals surface area contributed by atoms with Gasteiger partial charge < -0.3 is 24.8 Å². The number of carbonyl (C=O) groups excluding carboxylic acids is 1. The predicted molar refractivity (Wildman–Crippen MR) is 132 cm³/mol. The number of aromatic nitrogens is 2. The van der Waals surface area contributed by atoms with Crippen molar-refractivity contribution in [1.82, 2.24) is 14.9 Å². The van der Waals surface area contributed by atoms with Crippen LogP contribution in [0.3, 0.4) is 0 Å². The molecule has 0 unspecified atom stereocenters. The number of nitrogens with zero attached hydrogens (tertiary/aromatic N) is 2. The van der Waals surface area contributed by atoms with Gasteiger partial charge in [-0.05, 0) is 42.5 Å². The molecule has 1 amide bonds. The third kappa shape index (κ3) is 3.30. The molecule has 2 aromatic heterocycles. The van der Waals surface area contributed by atoms with E-state index in [-0.39, 0.29) is 37.4 Å². The fraction of sp³-hybridized carbons (Fsp3) is 0.370. The van der Waals surface area contributed by atoms with Gasteiger partial charge in [-0.15, -0.1) is 0 Å². The number of amides is 1. The number of hydrogen-bond donors (Lipinski definition) is 3. The molecular weight excluding hydrogens is 465 g/mol. The summed E-state index contributed by atoms with van der Waals surface area (Å²) in [6.45, 7) is 8.97. The van der Waals surface area contributed by atoms with E-state index in [2.05, 4.69) is 11.9 Å². The van der Waals surface area contributed by atoms with Crippen LogP contribution in [0.15, 0.2) is 29.3 Å². The molecule has 0 bridgehead atoms. The summed E-state index contributed by atoms with van der Waals surface area (Å²) in [6.07, 6.45) is 0.877. The Morgan fingerprint density at radius 1 is 1.31 bits per heavy atom. The van der Waals surface area contributed by atoms with Crippen LogP contribution < -0.4 is 10.9 Å². The Kier molecular flexibility index (Phi) is 5.72. The average Bonchev–Trinajstić information content (AvgIpc) is 3.24. The van der Waals surface area contributed by atoms with Crippen molar-refractivity contribution in [3.8, 4) is 11.4 Å². The molecule has 4 heterocycles. The lowest BCUT2D eigenvalue weighted by Gasteiger charge is -2.35. The molecular formula is C27H28FN3O5. The zero-order valence-electron chi connectivity index (χ0n) is 20.5. The molecule has 9 heteroatoms. The number of hydrogen-bond acceptors (Lipinski definition) is 6. The molecule has 3 aromatic rings. The number of carbonyl (C=O) groups is 1. The van der Waals surface area contributed by atoms with Crippen LogP contribution in [0.2, 0.25) is 0 Å². The summed E-state index contributed by atoms with van der Waals surface area (Å²) < 4.78 is 22.2. The van der Waals surface area contributed by atoms with Crippen LogP contribution in [0.1, 0.15) is 53.6 Å². The molecule has 188 valence electrons. The Morgan fingerprint density at radius 3 is 2.72 bits per heavy atom. The van der Waals surface area contributed by atoms with E-state index in [4.69, 9.17) is 14.8 Å². The number of rotatable bonds is 5. The molecule has 5 rings (SSSR count). The number of aliphatic hydroxyl groups is 2. The number of fused-ring (bicyclic) bond motifs is 5. The quantitative estimate of drug-likeness (QED) is 0.394. The standard InChI is InChI=1S/C27H28FN3O5/c1-5-15-17-10-31-22(7-19-18(26(31)34)12-36-14(4)27(19,35)6-2)25(17)30-21-8-20(28)13(3)16(24(15)21)9-29-23(33)11-32/h7-8,32,35H,4-6,9-12H2,1-3H3,(H,29,33)/t27-/m1/s1. The van der Waals surface area contributed by atoms with Crippen molar-refractivity contribution in [3.05, 3.63) is 74.0 Å². The molecule has 1 aromatic carbocycles. The zero-order valence-corrected chi connectivity index (χ0v) is 20.5. The highest BCUT2D eigenvalue weighted by Gasteiger charge is 2.41. The van der Waals surface area contributed by atoms with Gasteiger partial charge in [0, 0.05) is 29.1 Å². The van der Waals surface area contributed by atoms with E-state index in [1.165, 1.54) is 6.07 Å². The number of benzene rings is 1. The van der Waals surface area contributed by atoms with Gasteiger partial charge in [0.1, 0.15) is 30.4 Å². The van der Waals surface area contributed by atoms with Crippen molar-refractivity contribution in [2.75, 3.05) is 6.61 Å². The Balaban J connectivity index is 1.78. The third-order valence-corrected chi connectivity index (χ3v) is 7.54. The second-order valence-electron chi connectivity index (χ2n) is 9.30. The van der Waals surface area contributed by atoms with Gasteiger partial charge in [-0.3, -0.25) is 9.59 Å². The van der Waals surface area contributed by atoms with Gasteiger partial charge in [0.15, 0.2) is 0 Å². The minimum absolute atomic E-state index is 0.0289. The number of aliphatic hydroxyl groups excluding tert-OH is 1. The molecule has 0 fully saturated rings. The molecule has 2 aliphatic heterocycles. The highest BCUT2D eigenvalue weighted by atomic mass is 19.1. The van der Waals surface area contributed by atoms with Gasteiger partial charge in [0.25, 0.3) is 5.56 Å². The smallest absolute Gasteiger partial charge is 0.258 e. The average molecular weight is 494 g/mol. The van der Waals surface area contributed by atoms with E-state index in [9.17, 15) is 19.1 Å². The number of pyridine rings is 2. The summed E-state index contributed by atoms with van der Waals surface area (Å²) in [5.74, 6) is -0.816. The number of ether oxygens (including phenoxy) is 1. The molecule has 1 atom stereocenters. The molecule has 0 spiro atoms. The van der Waals surface area contributed by atoms with Gasteiger partial charge >= 0.3 is 0 Å². The van der Waals surface area contributed by atoms with E-state index in [1.54, 1.807) is 24.5 Å². The molecule has 2 aliphatic rings. The van der Waals surface area contributed by atoms with Gasteiger partial charge in [-0.2, -0.15) is 0 Å². The highest BCUT2D eigenvalue weighted by molar-refractivity contribution is 5.92.